The Morgan fingerprint density at radius 3 is 2.88 bits per heavy atom. The molecule has 4 heteroatoms. The van der Waals surface area contributed by atoms with Crippen molar-refractivity contribution in [3.05, 3.63) is 23.8 Å². The third-order valence-electron chi connectivity index (χ3n) is 2.10. The first-order chi connectivity index (χ1) is 7.58. The maximum atomic E-state index is 11.8. The molecule has 0 fully saturated rings. The first-order valence-corrected chi connectivity index (χ1v) is 4.79. The molecule has 1 aromatic carbocycles. The van der Waals surface area contributed by atoms with Crippen LogP contribution in [-0.4, -0.2) is 19.1 Å². The van der Waals surface area contributed by atoms with Crippen LogP contribution in [0.15, 0.2) is 18.2 Å². The van der Waals surface area contributed by atoms with E-state index < -0.39 is 0 Å². The molecule has 4 nitrogen and oxygen atoms in total. The number of hydrogen-bond acceptors (Lipinski definition) is 3. The molecule has 0 bridgehead atoms. The lowest BCUT2D eigenvalue weighted by Gasteiger charge is -2.10. The van der Waals surface area contributed by atoms with Crippen molar-refractivity contribution in [2.45, 2.75) is 13.0 Å². The van der Waals surface area contributed by atoms with E-state index in [2.05, 4.69) is 11.2 Å². The number of carbonyl (C=O) groups excluding carboxylic acids is 1. The summed E-state index contributed by atoms with van der Waals surface area (Å²) in [6.45, 7) is 1.72. The number of hydrogen-bond donors (Lipinski definition) is 2. The molecule has 1 aromatic rings. The summed E-state index contributed by atoms with van der Waals surface area (Å²) in [4.78, 5) is 11.8. The van der Waals surface area contributed by atoms with E-state index >= 15 is 0 Å². The Labute approximate surface area is 94.8 Å². The zero-order valence-corrected chi connectivity index (χ0v) is 9.28. The van der Waals surface area contributed by atoms with E-state index in [0.29, 0.717) is 17.0 Å². The molecule has 1 atom stereocenters. The highest BCUT2D eigenvalue weighted by atomic mass is 16.5. The van der Waals surface area contributed by atoms with Crippen molar-refractivity contribution in [2.24, 2.45) is 0 Å². The number of rotatable bonds is 3. The van der Waals surface area contributed by atoms with Crippen LogP contribution in [0, 0.1) is 12.3 Å². The third kappa shape index (κ3) is 2.67. The summed E-state index contributed by atoms with van der Waals surface area (Å²) < 4.78 is 5.02. The molecule has 0 aromatic heterocycles. The van der Waals surface area contributed by atoms with Gasteiger partial charge in [0.15, 0.2) is 0 Å². The molecule has 16 heavy (non-hydrogen) atoms. The summed E-state index contributed by atoms with van der Waals surface area (Å²) in [6.07, 6.45) is 5.17. The number of nitrogens with one attached hydrogen (secondary N) is 1. The summed E-state index contributed by atoms with van der Waals surface area (Å²) in [5, 5.41) is 2.63. The van der Waals surface area contributed by atoms with Gasteiger partial charge in [-0.05, 0) is 25.1 Å². The van der Waals surface area contributed by atoms with Gasteiger partial charge >= 0.3 is 0 Å². The summed E-state index contributed by atoms with van der Waals surface area (Å²) in [7, 11) is 1.53. The number of terminal acetylenes is 1. The van der Waals surface area contributed by atoms with Crippen LogP contribution in [0.1, 0.15) is 17.3 Å². The largest absolute Gasteiger partial charge is 0.497 e. The van der Waals surface area contributed by atoms with E-state index in [9.17, 15) is 4.79 Å². The smallest absolute Gasteiger partial charge is 0.254 e. The van der Waals surface area contributed by atoms with E-state index in [4.69, 9.17) is 16.9 Å². The molecule has 0 spiro atoms. The van der Waals surface area contributed by atoms with Crippen LogP contribution in [0.4, 0.5) is 5.69 Å². The summed E-state index contributed by atoms with van der Waals surface area (Å²) >= 11 is 0. The molecule has 0 radical (unpaired) electrons. The second kappa shape index (κ2) is 5.08. The lowest BCUT2D eigenvalue weighted by molar-refractivity contribution is 0.0948. The number of nitrogens with two attached hydrogens (primary N) is 1. The maximum Gasteiger partial charge on any atom is 0.254 e. The highest BCUT2D eigenvalue weighted by Gasteiger charge is 2.12. The summed E-state index contributed by atoms with van der Waals surface area (Å²) in [5.74, 6) is 2.68. The number of carbonyl (C=O) groups is 1. The van der Waals surface area contributed by atoms with Gasteiger partial charge in [-0.25, -0.2) is 0 Å². The van der Waals surface area contributed by atoms with Crippen molar-refractivity contribution in [1.82, 2.24) is 5.32 Å². The average molecular weight is 218 g/mol. The van der Waals surface area contributed by atoms with E-state index in [0.717, 1.165) is 0 Å². The SMILES string of the molecule is C#CC(C)NC(=O)c1cc(OC)ccc1N. The monoisotopic (exact) mass is 218 g/mol. The van der Waals surface area contributed by atoms with E-state index in [1.165, 1.54) is 7.11 Å². The fraction of sp³-hybridized carbons (Fsp3) is 0.250. The predicted octanol–water partition coefficient (Wildman–Crippen LogP) is 1.03. The zero-order chi connectivity index (χ0) is 12.1. The molecule has 0 saturated carbocycles. The Balaban J connectivity index is 2.95. The molecular formula is C12H14N2O2. The number of anilines is 1. The summed E-state index contributed by atoms with van der Waals surface area (Å²) in [5.41, 5.74) is 6.45. The number of nitrogen functional groups attached to an aromatic ring is 1. The minimum absolute atomic E-state index is 0.304. The molecule has 0 heterocycles. The van der Waals surface area contributed by atoms with Crippen molar-refractivity contribution < 1.29 is 9.53 Å². The lowest BCUT2D eigenvalue weighted by Crippen LogP contribution is -2.31. The first kappa shape index (κ1) is 11.9. The van der Waals surface area contributed by atoms with Crippen LogP contribution >= 0.6 is 0 Å². The highest BCUT2D eigenvalue weighted by molar-refractivity contribution is 5.99. The Hall–Kier alpha value is -2.15. The molecule has 0 aliphatic carbocycles. The van der Waals surface area contributed by atoms with Crippen molar-refractivity contribution in [3.8, 4) is 18.1 Å². The van der Waals surface area contributed by atoms with Crippen molar-refractivity contribution in [2.75, 3.05) is 12.8 Å². The molecular weight excluding hydrogens is 204 g/mol. The second-order valence-electron chi connectivity index (χ2n) is 3.31. The molecule has 1 amide bonds. The average Bonchev–Trinajstić information content (AvgIpc) is 2.29. The number of benzene rings is 1. The van der Waals surface area contributed by atoms with Gasteiger partial charge in [-0.2, -0.15) is 0 Å². The van der Waals surface area contributed by atoms with E-state index in [1.54, 1.807) is 25.1 Å². The number of ether oxygens (including phenoxy) is 1. The molecule has 0 aliphatic heterocycles. The Bertz CT molecular complexity index is 435. The second-order valence-corrected chi connectivity index (χ2v) is 3.31. The topological polar surface area (TPSA) is 64.3 Å². The summed E-state index contributed by atoms with van der Waals surface area (Å²) in [6, 6.07) is 4.55. The number of amides is 1. The van der Waals surface area contributed by atoms with Crippen LogP contribution < -0.4 is 15.8 Å². The van der Waals surface area contributed by atoms with Crippen molar-refractivity contribution in [3.63, 3.8) is 0 Å². The van der Waals surface area contributed by atoms with Crippen LogP contribution in [0.25, 0.3) is 0 Å². The van der Waals surface area contributed by atoms with Gasteiger partial charge in [0.05, 0.1) is 18.7 Å². The van der Waals surface area contributed by atoms with Gasteiger partial charge in [-0.1, -0.05) is 5.92 Å². The van der Waals surface area contributed by atoms with E-state index in [1.807, 2.05) is 0 Å². The molecule has 1 unspecified atom stereocenters. The zero-order valence-electron chi connectivity index (χ0n) is 9.28. The maximum absolute atomic E-state index is 11.8. The molecule has 0 saturated heterocycles. The van der Waals surface area contributed by atoms with Gasteiger partial charge < -0.3 is 15.8 Å². The molecule has 84 valence electrons. The highest BCUT2D eigenvalue weighted by Crippen LogP contribution is 2.19. The number of methoxy groups -OCH3 is 1. The van der Waals surface area contributed by atoms with Crippen molar-refractivity contribution in [1.29, 1.82) is 0 Å². The molecule has 1 rings (SSSR count). The van der Waals surface area contributed by atoms with Crippen LogP contribution in [-0.2, 0) is 0 Å². The van der Waals surface area contributed by atoms with Gasteiger partial charge in [-0.3, -0.25) is 4.79 Å². The van der Waals surface area contributed by atoms with Gasteiger partial charge in [-0.15, -0.1) is 6.42 Å². The van der Waals surface area contributed by atoms with Crippen molar-refractivity contribution >= 4 is 11.6 Å². The first-order valence-electron chi connectivity index (χ1n) is 4.79. The van der Waals surface area contributed by atoms with Crippen LogP contribution in [0.3, 0.4) is 0 Å². The standard InChI is InChI=1S/C12H14N2O2/c1-4-8(2)14-12(15)10-7-9(16-3)5-6-11(10)13/h1,5-8H,13H2,2-3H3,(H,14,15). The van der Waals surface area contributed by atoms with Crippen LogP contribution in [0.2, 0.25) is 0 Å². The Morgan fingerprint density at radius 1 is 1.62 bits per heavy atom. The van der Waals surface area contributed by atoms with Gasteiger partial charge in [0, 0.05) is 5.69 Å². The molecule has 3 N–H and O–H groups in total. The molecule has 0 aliphatic rings. The van der Waals surface area contributed by atoms with Crippen LogP contribution in [0.5, 0.6) is 5.75 Å². The fourth-order valence-corrected chi connectivity index (χ4v) is 1.18. The quantitative estimate of drug-likeness (QED) is 0.588. The predicted molar refractivity (Wildman–Crippen MR) is 63.2 cm³/mol. The Morgan fingerprint density at radius 2 is 2.31 bits per heavy atom. The van der Waals surface area contributed by atoms with E-state index in [-0.39, 0.29) is 11.9 Å². The van der Waals surface area contributed by atoms with Gasteiger partial charge in [0.2, 0.25) is 0 Å². The van der Waals surface area contributed by atoms with Gasteiger partial charge in [0.25, 0.3) is 5.91 Å². The third-order valence-corrected chi connectivity index (χ3v) is 2.10. The van der Waals surface area contributed by atoms with Gasteiger partial charge in [0.1, 0.15) is 5.75 Å². The minimum atomic E-state index is -0.335. The fourth-order valence-electron chi connectivity index (χ4n) is 1.18. The Kier molecular flexibility index (Phi) is 3.78. The lowest BCUT2D eigenvalue weighted by atomic mass is 10.1. The minimum Gasteiger partial charge on any atom is -0.497 e. The normalized spacial score (nSPS) is 11.3.